The number of hydrogen-bond acceptors (Lipinski definition) is 4. The highest BCUT2D eigenvalue weighted by atomic mass is 19.4. The minimum Gasteiger partial charge on any atom is -0.481 e. The molecule has 0 amide bonds. The minimum atomic E-state index is -5.96. The van der Waals surface area contributed by atoms with Crippen molar-refractivity contribution in [2.45, 2.75) is 30.5 Å². The van der Waals surface area contributed by atoms with Crippen LogP contribution in [0.2, 0.25) is 0 Å². The highest BCUT2D eigenvalue weighted by molar-refractivity contribution is 5.84. The first-order chi connectivity index (χ1) is 7.91. The van der Waals surface area contributed by atoms with Crippen molar-refractivity contribution in [1.29, 1.82) is 0 Å². The number of hydrogen-bond donors (Lipinski definition) is 2. The predicted molar refractivity (Wildman–Crippen MR) is 40.1 cm³/mol. The average molecular weight is 281 g/mol. The lowest BCUT2D eigenvalue weighted by molar-refractivity contribution is -0.369. The van der Waals surface area contributed by atoms with Crippen molar-refractivity contribution in [3.05, 3.63) is 0 Å². The number of ether oxygens (including phenoxy) is 1. The largest absolute Gasteiger partial charge is 0.481 e. The fourth-order valence-corrected chi connectivity index (χ4v) is 1.30. The molecule has 1 saturated heterocycles. The van der Waals surface area contributed by atoms with Crippen LogP contribution in [0.25, 0.3) is 0 Å². The van der Waals surface area contributed by atoms with Gasteiger partial charge >= 0.3 is 30.0 Å². The molecule has 0 spiro atoms. The van der Waals surface area contributed by atoms with Gasteiger partial charge in [0.2, 0.25) is 0 Å². The van der Waals surface area contributed by atoms with Crippen molar-refractivity contribution < 1.29 is 45.8 Å². The molecule has 0 bridgehead atoms. The fourth-order valence-electron chi connectivity index (χ4n) is 1.30. The Labute approximate surface area is 94.7 Å². The summed E-state index contributed by atoms with van der Waals surface area (Å²) in [7, 11) is 0. The molecule has 0 aromatic rings. The van der Waals surface area contributed by atoms with E-state index < -0.39 is 42.5 Å². The number of carboxylic acids is 1. The van der Waals surface area contributed by atoms with E-state index in [0.29, 0.717) is 0 Å². The summed E-state index contributed by atoms with van der Waals surface area (Å²) in [5.74, 6) is -3.67. The summed E-state index contributed by atoms with van der Waals surface area (Å²) in [6, 6.07) is -2.22. The molecule has 5 nitrogen and oxygen atoms in total. The molecule has 11 heteroatoms. The van der Waals surface area contributed by atoms with Crippen LogP contribution in [0.3, 0.4) is 0 Å². The molecule has 2 N–H and O–H groups in total. The maximum absolute atomic E-state index is 12.4. The molecule has 1 heterocycles. The van der Waals surface area contributed by atoms with Gasteiger partial charge in [0.05, 0.1) is 6.42 Å². The summed E-state index contributed by atoms with van der Waals surface area (Å²) in [6.07, 6.45) is -13.2. The van der Waals surface area contributed by atoms with Crippen molar-refractivity contribution in [2.75, 3.05) is 0 Å². The number of rotatable bonds is 2. The summed E-state index contributed by atoms with van der Waals surface area (Å²) in [4.78, 5) is 21.1. The van der Waals surface area contributed by atoms with Crippen molar-refractivity contribution in [3.63, 3.8) is 0 Å². The Kier molecular flexibility index (Phi) is 3.23. The molecule has 1 fully saturated rings. The Balaban J connectivity index is 3.12. The average Bonchev–Trinajstić information content (AvgIpc) is 2.41. The van der Waals surface area contributed by atoms with Crippen molar-refractivity contribution in [2.24, 2.45) is 0 Å². The van der Waals surface area contributed by atoms with E-state index in [9.17, 15) is 35.9 Å². The van der Waals surface area contributed by atoms with Gasteiger partial charge in [0.1, 0.15) is 6.04 Å². The Bertz CT molecular complexity index is 361. The molecule has 0 aromatic heterocycles. The van der Waals surface area contributed by atoms with Crippen LogP contribution >= 0.6 is 0 Å². The Morgan fingerprint density at radius 1 is 1.28 bits per heavy atom. The van der Waals surface area contributed by atoms with E-state index in [1.807, 2.05) is 0 Å². The highest BCUT2D eigenvalue weighted by Crippen LogP contribution is 2.46. The van der Waals surface area contributed by atoms with Gasteiger partial charge in [0.15, 0.2) is 0 Å². The van der Waals surface area contributed by atoms with Crippen molar-refractivity contribution >= 4 is 11.9 Å². The lowest BCUT2D eigenvalue weighted by Crippen LogP contribution is -2.65. The number of esters is 1. The van der Waals surface area contributed by atoms with E-state index in [-0.39, 0.29) is 0 Å². The third-order valence-electron chi connectivity index (χ3n) is 2.09. The molecule has 0 radical (unpaired) electrons. The quantitative estimate of drug-likeness (QED) is 0.578. The summed E-state index contributed by atoms with van der Waals surface area (Å²) in [5.41, 5.74) is -4.86. The molecule has 1 rings (SSSR count). The summed E-state index contributed by atoms with van der Waals surface area (Å²) in [6.45, 7) is 0. The van der Waals surface area contributed by atoms with E-state index in [1.54, 1.807) is 0 Å². The molecular formula is C7H5F6NO4. The lowest BCUT2D eigenvalue weighted by Gasteiger charge is -2.31. The first-order valence-corrected chi connectivity index (χ1v) is 4.26. The van der Waals surface area contributed by atoms with Gasteiger partial charge in [-0.25, -0.2) is 0 Å². The van der Waals surface area contributed by atoms with Gasteiger partial charge in [-0.3, -0.25) is 14.9 Å². The normalized spacial score (nSPS) is 23.9. The predicted octanol–water partition coefficient (Wildman–Crippen LogP) is 0.797. The van der Waals surface area contributed by atoms with E-state index in [4.69, 9.17) is 5.11 Å². The van der Waals surface area contributed by atoms with E-state index in [1.165, 1.54) is 0 Å². The molecule has 0 aliphatic carbocycles. The third kappa shape index (κ3) is 2.21. The van der Waals surface area contributed by atoms with Gasteiger partial charge in [0.25, 0.3) is 0 Å². The second-order valence-corrected chi connectivity index (χ2v) is 3.39. The molecular weight excluding hydrogens is 276 g/mol. The molecule has 1 aliphatic rings. The molecule has 0 unspecified atom stereocenters. The van der Waals surface area contributed by atoms with Gasteiger partial charge < -0.3 is 9.84 Å². The SMILES string of the molecule is O=C(O)C[C@H]1NC(C(F)(F)F)(C(F)(F)F)OC1=O. The van der Waals surface area contributed by atoms with Crippen LogP contribution in [-0.2, 0) is 14.3 Å². The number of carbonyl (C=O) groups excluding carboxylic acids is 1. The van der Waals surface area contributed by atoms with Gasteiger partial charge in [-0.05, 0) is 0 Å². The number of aliphatic carboxylic acids is 1. The molecule has 1 atom stereocenters. The topological polar surface area (TPSA) is 75.6 Å². The first kappa shape index (κ1) is 14.5. The summed E-state index contributed by atoms with van der Waals surface area (Å²) < 4.78 is 77.7. The minimum absolute atomic E-state index is 0.863. The van der Waals surface area contributed by atoms with Crippen LogP contribution in [-0.4, -0.2) is 41.2 Å². The Hall–Kier alpha value is -1.52. The van der Waals surface area contributed by atoms with E-state index in [0.717, 1.165) is 5.32 Å². The molecule has 0 saturated carbocycles. The molecule has 1 aliphatic heterocycles. The smallest absolute Gasteiger partial charge is 0.452 e. The third-order valence-corrected chi connectivity index (χ3v) is 2.09. The lowest BCUT2D eigenvalue weighted by atomic mass is 10.1. The van der Waals surface area contributed by atoms with Crippen LogP contribution < -0.4 is 5.32 Å². The number of alkyl halides is 6. The van der Waals surface area contributed by atoms with Crippen LogP contribution in [0.5, 0.6) is 0 Å². The van der Waals surface area contributed by atoms with Crippen LogP contribution in [0, 0.1) is 0 Å². The zero-order valence-electron chi connectivity index (χ0n) is 8.22. The Morgan fingerprint density at radius 2 is 1.72 bits per heavy atom. The first-order valence-electron chi connectivity index (χ1n) is 4.26. The number of nitrogens with one attached hydrogen (secondary N) is 1. The van der Waals surface area contributed by atoms with E-state index in [2.05, 4.69) is 4.74 Å². The highest BCUT2D eigenvalue weighted by Gasteiger charge is 2.78. The van der Waals surface area contributed by atoms with Gasteiger partial charge in [-0.2, -0.15) is 26.3 Å². The second kappa shape index (κ2) is 4.00. The molecule has 0 aromatic carbocycles. The second-order valence-electron chi connectivity index (χ2n) is 3.39. The van der Waals surface area contributed by atoms with E-state index >= 15 is 0 Å². The summed E-state index contributed by atoms with van der Waals surface area (Å²) >= 11 is 0. The van der Waals surface area contributed by atoms with Crippen molar-refractivity contribution in [3.8, 4) is 0 Å². The van der Waals surface area contributed by atoms with Gasteiger partial charge in [-0.15, -0.1) is 0 Å². The van der Waals surface area contributed by atoms with Crippen LogP contribution in [0.1, 0.15) is 6.42 Å². The van der Waals surface area contributed by atoms with Gasteiger partial charge in [0, 0.05) is 0 Å². The molecule has 104 valence electrons. The van der Waals surface area contributed by atoms with Crippen molar-refractivity contribution in [1.82, 2.24) is 5.32 Å². The standard InChI is InChI=1S/C7H5F6NO4/c8-6(9,10)5(7(11,12)13)14-2(1-3(15)16)4(17)18-5/h2,14H,1H2,(H,15,16)/t2-/m1/s1. The monoisotopic (exact) mass is 281 g/mol. The number of carboxylic acid groups (broad SMARTS) is 1. The number of cyclic esters (lactones) is 1. The maximum Gasteiger partial charge on any atom is 0.452 e. The zero-order chi connectivity index (χ0) is 14.4. The number of halogens is 6. The van der Waals surface area contributed by atoms with Gasteiger partial charge in [-0.1, -0.05) is 0 Å². The zero-order valence-corrected chi connectivity index (χ0v) is 8.22. The summed E-state index contributed by atoms with van der Waals surface area (Å²) in [5, 5.41) is 9.12. The number of carbonyl (C=O) groups is 2. The van der Waals surface area contributed by atoms with Crippen LogP contribution in [0.4, 0.5) is 26.3 Å². The maximum atomic E-state index is 12.4. The molecule has 18 heavy (non-hydrogen) atoms. The van der Waals surface area contributed by atoms with Crippen LogP contribution in [0.15, 0.2) is 0 Å². The Morgan fingerprint density at radius 3 is 2.00 bits per heavy atom. The fraction of sp³-hybridized carbons (Fsp3) is 0.714.